The topological polar surface area (TPSA) is 87.0 Å². The van der Waals surface area contributed by atoms with E-state index >= 15 is 0 Å². The Morgan fingerprint density at radius 2 is 1.90 bits per heavy atom. The van der Waals surface area contributed by atoms with Gasteiger partial charge in [-0.15, -0.1) is 11.3 Å². The molecule has 8 heteroatoms. The molecule has 0 aromatic carbocycles. The zero-order valence-electron chi connectivity index (χ0n) is 17.2. The second-order valence-corrected chi connectivity index (χ2v) is 9.62. The third-order valence-electron chi connectivity index (χ3n) is 6.47. The van der Waals surface area contributed by atoms with E-state index in [0.29, 0.717) is 11.7 Å². The zero-order chi connectivity index (χ0) is 20.0. The van der Waals surface area contributed by atoms with Crippen molar-refractivity contribution in [1.29, 1.82) is 0 Å². The van der Waals surface area contributed by atoms with Gasteiger partial charge in [0.05, 0.1) is 11.9 Å². The number of nitrogens with two attached hydrogens (primary N) is 1. The molecule has 3 N–H and O–H groups in total. The van der Waals surface area contributed by atoms with E-state index < -0.39 is 0 Å². The highest BCUT2D eigenvalue weighted by Crippen LogP contribution is 2.37. The molecule has 2 aliphatic heterocycles. The first-order valence-corrected chi connectivity index (χ1v) is 11.4. The van der Waals surface area contributed by atoms with Gasteiger partial charge in [-0.05, 0) is 58.2 Å². The lowest BCUT2D eigenvalue weighted by Gasteiger charge is -2.33. The van der Waals surface area contributed by atoms with Gasteiger partial charge >= 0.3 is 0 Å². The van der Waals surface area contributed by atoms with E-state index in [4.69, 9.17) is 15.7 Å². The van der Waals surface area contributed by atoms with Crippen molar-refractivity contribution in [2.45, 2.75) is 52.0 Å². The summed E-state index contributed by atoms with van der Waals surface area (Å²) in [5.41, 5.74) is 8.29. The van der Waals surface area contributed by atoms with E-state index in [2.05, 4.69) is 33.8 Å². The maximum absolute atomic E-state index is 5.80. The summed E-state index contributed by atoms with van der Waals surface area (Å²) >= 11 is 1.81. The number of anilines is 2. The Morgan fingerprint density at radius 1 is 1.14 bits per heavy atom. The molecule has 3 aromatic heterocycles. The second kappa shape index (κ2) is 7.57. The van der Waals surface area contributed by atoms with Gasteiger partial charge < -0.3 is 10.6 Å². The predicted octanol–water partition coefficient (Wildman–Crippen LogP) is 3.59. The lowest BCUT2D eigenvalue weighted by Crippen LogP contribution is -2.34. The minimum atomic E-state index is 0.489. The lowest BCUT2D eigenvalue weighted by molar-refractivity contribution is 0.323. The van der Waals surface area contributed by atoms with Crippen LogP contribution in [-0.4, -0.2) is 51.2 Å². The minimum Gasteiger partial charge on any atom is -0.382 e. The van der Waals surface area contributed by atoms with Crippen LogP contribution in [-0.2, 0) is 6.54 Å². The van der Waals surface area contributed by atoms with Crippen LogP contribution in [0.5, 0.6) is 0 Å². The molecule has 154 valence electrons. The van der Waals surface area contributed by atoms with Crippen LogP contribution in [0.2, 0.25) is 0 Å². The van der Waals surface area contributed by atoms with Crippen molar-refractivity contribution < 1.29 is 0 Å². The fraction of sp³-hybridized carbons (Fsp3) is 0.571. The normalized spacial score (nSPS) is 18.9. The van der Waals surface area contributed by atoms with Crippen molar-refractivity contribution in [3.63, 3.8) is 0 Å². The standard InChI is InChI=1S/C21H29N7S/c1-13-14(2)29-21-19(13)20(23-18(24-21)12-27-7-3-4-8-27)28-9-5-15(6-10-28)16-11-17(22)26-25-16/h11,15H,3-10,12H2,1-2H3,(H3,22,25,26). The van der Waals surface area contributed by atoms with E-state index in [1.54, 1.807) is 11.3 Å². The quantitative estimate of drug-likeness (QED) is 0.682. The van der Waals surface area contributed by atoms with Gasteiger partial charge in [0, 0.05) is 35.6 Å². The minimum absolute atomic E-state index is 0.489. The summed E-state index contributed by atoms with van der Waals surface area (Å²) < 4.78 is 0. The van der Waals surface area contributed by atoms with Crippen LogP contribution in [0.15, 0.2) is 6.07 Å². The number of aromatic nitrogens is 4. The molecule has 5 rings (SSSR count). The highest BCUT2D eigenvalue weighted by atomic mass is 32.1. The van der Waals surface area contributed by atoms with E-state index in [0.717, 1.165) is 67.7 Å². The molecular formula is C21H29N7S. The van der Waals surface area contributed by atoms with Crippen LogP contribution in [0.1, 0.15) is 53.6 Å². The number of fused-ring (bicyclic) bond motifs is 1. The van der Waals surface area contributed by atoms with Crippen LogP contribution in [0.25, 0.3) is 10.2 Å². The molecule has 0 spiro atoms. The van der Waals surface area contributed by atoms with Crippen molar-refractivity contribution in [2.75, 3.05) is 36.8 Å². The summed E-state index contributed by atoms with van der Waals surface area (Å²) in [5, 5.41) is 8.45. The van der Waals surface area contributed by atoms with Crippen molar-refractivity contribution in [1.82, 2.24) is 25.1 Å². The van der Waals surface area contributed by atoms with Gasteiger partial charge in [-0.25, -0.2) is 9.97 Å². The van der Waals surface area contributed by atoms with E-state index in [9.17, 15) is 0 Å². The average molecular weight is 412 g/mol. The van der Waals surface area contributed by atoms with E-state index in [-0.39, 0.29) is 0 Å². The smallest absolute Gasteiger partial charge is 0.146 e. The van der Waals surface area contributed by atoms with Gasteiger partial charge in [0.25, 0.3) is 0 Å². The highest BCUT2D eigenvalue weighted by molar-refractivity contribution is 7.18. The van der Waals surface area contributed by atoms with Crippen molar-refractivity contribution in [3.05, 3.63) is 28.0 Å². The predicted molar refractivity (Wildman–Crippen MR) is 119 cm³/mol. The third-order valence-corrected chi connectivity index (χ3v) is 7.57. The first-order chi connectivity index (χ1) is 14.1. The third kappa shape index (κ3) is 3.59. The molecule has 2 fully saturated rings. The number of hydrogen-bond acceptors (Lipinski definition) is 7. The Morgan fingerprint density at radius 3 is 2.59 bits per heavy atom. The van der Waals surface area contributed by atoms with Crippen molar-refractivity contribution >= 4 is 33.2 Å². The molecule has 0 unspecified atom stereocenters. The number of aryl methyl sites for hydroxylation is 2. The molecule has 0 aliphatic carbocycles. The lowest BCUT2D eigenvalue weighted by atomic mass is 9.93. The Labute approximate surface area is 175 Å². The fourth-order valence-electron chi connectivity index (χ4n) is 4.68. The van der Waals surface area contributed by atoms with E-state index in [1.807, 2.05) is 6.07 Å². The first-order valence-electron chi connectivity index (χ1n) is 10.6. The summed E-state index contributed by atoms with van der Waals surface area (Å²) in [4.78, 5) is 17.5. The monoisotopic (exact) mass is 411 g/mol. The number of rotatable bonds is 4. The van der Waals surface area contributed by atoms with Crippen LogP contribution >= 0.6 is 11.3 Å². The number of nitrogens with zero attached hydrogens (tertiary/aromatic N) is 5. The maximum atomic E-state index is 5.80. The highest BCUT2D eigenvalue weighted by Gasteiger charge is 2.26. The maximum Gasteiger partial charge on any atom is 0.146 e. The number of thiophene rings is 1. The molecule has 5 heterocycles. The van der Waals surface area contributed by atoms with Gasteiger partial charge in [-0.3, -0.25) is 10.00 Å². The first kappa shape index (κ1) is 18.8. The molecular weight excluding hydrogens is 382 g/mol. The molecule has 7 nitrogen and oxygen atoms in total. The summed E-state index contributed by atoms with van der Waals surface area (Å²) in [6, 6.07) is 1.98. The number of H-pyrrole nitrogens is 1. The number of aromatic amines is 1. The summed E-state index contributed by atoms with van der Waals surface area (Å²) in [5.74, 6) is 3.17. The van der Waals surface area contributed by atoms with Gasteiger partial charge in [0.2, 0.25) is 0 Å². The van der Waals surface area contributed by atoms with Crippen molar-refractivity contribution in [2.24, 2.45) is 0 Å². The van der Waals surface area contributed by atoms with Gasteiger partial charge in [-0.2, -0.15) is 5.10 Å². The Balaban J connectivity index is 1.43. The summed E-state index contributed by atoms with van der Waals surface area (Å²) in [6.45, 7) is 9.58. The molecule has 3 aromatic rings. The van der Waals surface area contributed by atoms with Gasteiger partial charge in [0.1, 0.15) is 22.3 Å². The fourth-order valence-corrected chi connectivity index (χ4v) is 5.72. The molecule has 29 heavy (non-hydrogen) atoms. The molecule has 0 radical (unpaired) electrons. The largest absolute Gasteiger partial charge is 0.382 e. The molecule has 2 saturated heterocycles. The second-order valence-electron chi connectivity index (χ2n) is 8.42. The molecule has 0 bridgehead atoms. The van der Waals surface area contributed by atoms with Crippen LogP contribution in [0, 0.1) is 13.8 Å². The number of nitrogen functional groups attached to an aromatic ring is 1. The van der Waals surface area contributed by atoms with Crippen LogP contribution in [0.4, 0.5) is 11.6 Å². The number of hydrogen-bond donors (Lipinski definition) is 2. The number of likely N-dealkylation sites (tertiary alicyclic amines) is 1. The van der Waals surface area contributed by atoms with Gasteiger partial charge in [-0.1, -0.05) is 0 Å². The van der Waals surface area contributed by atoms with Crippen LogP contribution < -0.4 is 10.6 Å². The average Bonchev–Trinajstić information content (AvgIpc) is 3.44. The summed E-state index contributed by atoms with van der Waals surface area (Å²) in [6.07, 6.45) is 4.74. The molecule has 0 atom stereocenters. The number of nitrogens with one attached hydrogen (secondary N) is 1. The number of piperidine rings is 1. The SMILES string of the molecule is Cc1sc2nc(CN3CCCC3)nc(N3CCC(c4cc(N)n[nH]4)CC3)c2c1C. The molecule has 0 saturated carbocycles. The molecule has 0 amide bonds. The van der Waals surface area contributed by atoms with Crippen molar-refractivity contribution in [3.8, 4) is 0 Å². The van der Waals surface area contributed by atoms with Crippen LogP contribution in [0.3, 0.4) is 0 Å². The van der Waals surface area contributed by atoms with E-state index in [1.165, 1.54) is 28.7 Å². The Hall–Kier alpha value is -2.19. The summed E-state index contributed by atoms with van der Waals surface area (Å²) in [7, 11) is 0. The molecule has 2 aliphatic rings. The Bertz CT molecular complexity index is 1010. The zero-order valence-corrected chi connectivity index (χ0v) is 18.1. The van der Waals surface area contributed by atoms with Gasteiger partial charge in [0.15, 0.2) is 0 Å². The Kier molecular flexibility index (Phi) is 4.91.